The van der Waals surface area contributed by atoms with Gasteiger partial charge in [0, 0.05) is 23.2 Å². The lowest BCUT2D eigenvalue weighted by molar-refractivity contribution is -0.139. The minimum Gasteiger partial charge on any atom is -0.352 e. The zero-order valence-corrected chi connectivity index (χ0v) is 22.4. The molecule has 3 rings (SSSR count). The van der Waals surface area contributed by atoms with Crippen LogP contribution in [0.1, 0.15) is 50.2 Å². The maximum Gasteiger partial charge on any atom is 0.244 e. The zero-order chi connectivity index (χ0) is 26.5. The highest BCUT2D eigenvalue weighted by molar-refractivity contribution is 7.92. The first kappa shape index (κ1) is 27.9. The predicted molar refractivity (Wildman–Crippen MR) is 140 cm³/mol. The first-order valence-corrected chi connectivity index (χ1v) is 14.3. The predicted octanol–water partition coefficient (Wildman–Crippen LogP) is 4.42. The van der Waals surface area contributed by atoms with Gasteiger partial charge in [-0.1, -0.05) is 55.1 Å². The zero-order valence-electron chi connectivity index (χ0n) is 20.8. The van der Waals surface area contributed by atoms with Gasteiger partial charge in [0.1, 0.15) is 18.4 Å². The lowest BCUT2D eigenvalue weighted by Crippen LogP contribution is -2.53. The van der Waals surface area contributed by atoms with Gasteiger partial charge in [-0.3, -0.25) is 13.9 Å². The van der Waals surface area contributed by atoms with Gasteiger partial charge in [0.15, 0.2) is 0 Å². The number of carbonyl (C=O) groups is 2. The molecule has 36 heavy (non-hydrogen) atoms. The number of amides is 2. The Hall–Kier alpha value is -2.65. The van der Waals surface area contributed by atoms with E-state index < -0.39 is 34.3 Å². The number of anilines is 1. The van der Waals surface area contributed by atoms with E-state index in [9.17, 15) is 22.4 Å². The second kappa shape index (κ2) is 12.1. The third-order valence-corrected chi connectivity index (χ3v) is 8.09. The molecular weight excluding hydrogens is 505 g/mol. The van der Waals surface area contributed by atoms with Crippen molar-refractivity contribution < 1.29 is 22.4 Å². The molecule has 0 spiro atoms. The molecule has 0 saturated heterocycles. The molecule has 2 aromatic rings. The van der Waals surface area contributed by atoms with Crippen LogP contribution in [0.2, 0.25) is 5.02 Å². The third kappa shape index (κ3) is 7.20. The number of aryl methyl sites for hydroxylation is 1. The lowest BCUT2D eigenvalue weighted by Gasteiger charge is -2.33. The van der Waals surface area contributed by atoms with E-state index in [1.165, 1.54) is 29.2 Å². The fraction of sp³-hybridized carbons (Fsp3) is 0.462. The van der Waals surface area contributed by atoms with Crippen LogP contribution in [0.4, 0.5) is 10.1 Å². The highest BCUT2D eigenvalue weighted by Gasteiger charge is 2.31. The molecule has 1 saturated carbocycles. The van der Waals surface area contributed by atoms with Crippen LogP contribution in [0.3, 0.4) is 0 Å². The molecule has 0 bridgehead atoms. The van der Waals surface area contributed by atoms with Crippen LogP contribution in [-0.2, 0) is 26.2 Å². The second-order valence-electron chi connectivity index (χ2n) is 9.34. The van der Waals surface area contributed by atoms with E-state index in [2.05, 4.69) is 5.32 Å². The summed E-state index contributed by atoms with van der Waals surface area (Å²) >= 11 is 6.20. The maximum atomic E-state index is 14.5. The Bertz CT molecular complexity index is 1200. The molecule has 2 amide bonds. The normalized spacial score (nSPS) is 15.2. The van der Waals surface area contributed by atoms with Gasteiger partial charge in [0.2, 0.25) is 21.8 Å². The quantitative estimate of drug-likeness (QED) is 0.513. The molecule has 0 aliphatic heterocycles. The number of nitrogens with zero attached hydrogens (tertiary/aromatic N) is 2. The largest absolute Gasteiger partial charge is 0.352 e. The van der Waals surface area contributed by atoms with Gasteiger partial charge < -0.3 is 10.2 Å². The Morgan fingerprint density at radius 1 is 1.14 bits per heavy atom. The number of nitrogens with one attached hydrogen (secondary N) is 1. The van der Waals surface area contributed by atoms with Crippen molar-refractivity contribution >= 4 is 39.1 Å². The maximum absolute atomic E-state index is 14.5. The summed E-state index contributed by atoms with van der Waals surface area (Å²) in [6.45, 7) is 2.61. The highest BCUT2D eigenvalue weighted by Crippen LogP contribution is 2.25. The summed E-state index contributed by atoms with van der Waals surface area (Å²) in [5, 5.41) is 3.37. The summed E-state index contributed by atoms with van der Waals surface area (Å²) in [5.74, 6) is -1.50. The highest BCUT2D eigenvalue weighted by atomic mass is 35.5. The number of hydrogen-bond acceptors (Lipinski definition) is 4. The Kier molecular flexibility index (Phi) is 9.35. The van der Waals surface area contributed by atoms with Gasteiger partial charge in [0.05, 0.1) is 11.9 Å². The van der Waals surface area contributed by atoms with Gasteiger partial charge in [-0.15, -0.1) is 0 Å². The smallest absolute Gasteiger partial charge is 0.244 e. The van der Waals surface area contributed by atoms with E-state index in [0.29, 0.717) is 5.02 Å². The topological polar surface area (TPSA) is 86.8 Å². The van der Waals surface area contributed by atoms with Gasteiger partial charge in [-0.25, -0.2) is 12.8 Å². The molecule has 10 heteroatoms. The van der Waals surface area contributed by atoms with E-state index >= 15 is 0 Å². The summed E-state index contributed by atoms with van der Waals surface area (Å²) < 4.78 is 40.7. The van der Waals surface area contributed by atoms with Crippen molar-refractivity contribution in [2.24, 2.45) is 0 Å². The number of carbonyl (C=O) groups excluding carboxylic acids is 2. The van der Waals surface area contributed by atoms with Crippen LogP contribution in [0.25, 0.3) is 0 Å². The molecule has 1 fully saturated rings. The molecular formula is C26H33ClFN3O4S. The molecule has 1 N–H and O–H groups in total. The van der Waals surface area contributed by atoms with Crippen LogP contribution in [0, 0.1) is 12.7 Å². The van der Waals surface area contributed by atoms with E-state index in [0.717, 1.165) is 48.2 Å². The molecule has 0 radical (unpaired) electrons. The Morgan fingerprint density at radius 2 is 1.81 bits per heavy atom. The lowest BCUT2D eigenvalue weighted by atomic mass is 9.95. The summed E-state index contributed by atoms with van der Waals surface area (Å²) in [4.78, 5) is 27.9. The average molecular weight is 538 g/mol. The molecule has 0 heterocycles. The summed E-state index contributed by atoms with van der Waals surface area (Å²) in [7, 11) is -3.87. The molecule has 7 nitrogen and oxygen atoms in total. The van der Waals surface area contributed by atoms with Crippen molar-refractivity contribution in [2.45, 2.75) is 64.6 Å². The van der Waals surface area contributed by atoms with Crippen molar-refractivity contribution in [2.75, 3.05) is 17.1 Å². The molecule has 196 valence electrons. The summed E-state index contributed by atoms with van der Waals surface area (Å²) in [5.41, 5.74) is 1.22. The Balaban J connectivity index is 1.89. The summed E-state index contributed by atoms with van der Waals surface area (Å²) in [6, 6.07) is 9.79. The number of hydrogen-bond donors (Lipinski definition) is 1. The Labute approximate surface area is 217 Å². The van der Waals surface area contributed by atoms with E-state index in [1.54, 1.807) is 32.0 Å². The van der Waals surface area contributed by atoms with Crippen LogP contribution in [-0.4, -0.2) is 50.0 Å². The minimum absolute atomic E-state index is 0.0290. The van der Waals surface area contributed by atoms with Crippen molar-refractivity contribution in [1.82, 2.24) is 10.2 Å². The van der Waals surface area contributed by atoms with Crippen molar-refractivity contribution in [3.63, 3.8) is 0 Å². The van der Waals surface area contributed by atoms with Gasteiger partial charge in [-0.2, -0.15) is 0 Å². The monoisotopic (exact) mass is 537 g/mol. The van der Waals surface area contributed by atoms with Gasteiger partial charge in [-0.05, 0) is 50.5 Å². The molecule has 1 aliphatic rings. The van der Waals surface area contributed by atoms with Crippen molar-refractivity contribution in [3.05, 3.63) is 64.4 Å². The molecule has 1 atom stereocenters. The van der Waals surface area contributed by atoms with Crippen LogP contribution < -0.4 is 9.62 Å². The van der Waals surface area contributed by atoms with E-state index in [4.69, 9.17) is 11.6 Å². The second-order valence-corrected chi connectivity index (χ2v) is 11.6. The van der Waals surface area contributed by atoms with Crippen molar-refractivity contribution in [3.8, 4) is 0 Å². The molecule has 0 aromatic heterocycles. The fourth-order valence-corrected chi connectivity index (χ4v) is 5.33. The van der Waals surface area contributed by atoms with Gasteiger partial charge >= 0.3 is 0 Å². The molecule has 2 aromatic carbocycles. The number of rotatable bonds is 9. The number of benzene rings is 2. The van der Waals surface area contributed by atoms with Crippen molar-refractivity contribution in [1.29, 1.82) is 0 Å². The number of halogens is 2. The first-order chi connectivity index (χ1) is 17.0. The Morgan fingerprint density at radius 3 is 2.42 bits per heavy atom. The molecule has 0 unspecified atom stereocenters. The fourth-order valence-electron chi connectivity index (χ4n) is 4.31. The van der Waals surface area contributed by atoms with Crippen LogP contribution in [0.5, 0.6) is 0 Å². The van der Waals surface area contributed by atoms with Crippen LogP contribution in [0.15, 0.2) is 42.5 Å². The van der Waals surface area contributed by atoms with Gasteiger partial charge in [0.25, 0.3) is 0 Å². The van der Waals surface area contributed by atoms with E-state index in [1.807, 2.05) is 0 Å². The third-order valence-electron chi connectivity index (χ3n) is 6.54. The first-order valence-electron chi connectivity index (χ1n) is 12.0. The van der Waals surface area contributed by atoms with E-state index in [-0.39, 0.29) is 29.7 Å². The minimum atomic E-state index is -3.87. The molecule has 1 aliphatic carbocycles. The van der Waals surface area contributed by atoms with Crippen LogP contribution >= 0.6 is 11.6 Å². The summed E-state index contributed by atoms with van der Waals surface area (Å²) in [6.07, 6.45) is 5.92. The number of sulfonamides is 1. The SMILES string of the molecule is Cc1ccc(N(CC(=O)N(Cc2ccccc2F)[C@@H](C)C(=O)NC2CCCCC2)S(C)(=O)=O)cc1Cl. The average Bonchev–Trinajstić information content (AvgIpc) is 2.83. The standard InChI is InChI=1S/C26H33ClFN3O4S/c1-18-13-14-22(15-23(18)27)31(36(3,34)35)17-25(32)30(16-20-9-7-8-12-24(20)28)19(2)26(33)29-21-10-5-4-6-11-21/h7-9,12-15,19,21H,4-6,10-11,16-17H2,1-3H3,(H,29,33)/t19-/m0/s1.